The number of carbonyl (C=O) groups is 2. The van der Waals surface area contributed by atoms with Crippen LogP contribution >= 0.6 is 10.8 Å². The maximum atomic E-state index is 13.1. The molecule has 34 heavy (non-hydrogen) atoms. The van der Waals surface area contributed by atoms with Gasteiger partial charge in [-0.1, -0.05) is 30.3 Å². The van der Waals surface area contributed by atoms with Gasteiger partial charge in [-0.2, -0.15) is 0 Å². The van der Waals surface area contributed by atoms with Crippen LogP contribution in [0, 0.1) is 0 Å². The third-order valence-corrected chi connectivity index (χ3v) is 6.51. The molecule has 0 aliphatic heterocycles. The van der Waals surface area contributed by atoms with E-state index in [1.165, 1.54) is 14.2 Å². The summed E-state index contributed by atoms with van der Waals surface area (Å²) in [4.78, 5) is 25.0. The summed E-state index contributed by atoms with van der Waals surface area (Å²) in [5.74, 6) is -0.121. The molecule has 2 atom stereocenters. The molecule has 8 nitrogen and oxygen atoms in total. The van der Waals surface area contributed by atoms with Crippen LogP contribution < -0.4 is 15.4 Å². The van der Waals surface area contributed by atoms with E-state index in [9.17, 15) is 14.1 Å². The summed E-state index contributed by atoms with van der Waals surface area (Å²) in [7, 11) is 1.07. The van der Waals surface area contributed by atoms with Crippen molar-refractivity contribution in [1.29, 1.82) is 0 Å². The van der Waals surface area contributed by atoms with Gasteiger partial charge in [-0.25, -0.2) is 9.59 Å². The van der Waals surface area contributed by atoms with E-state index in [0.717, 1.165) is 5.56 Å². The van der Waals surface area contributed by atoms with Gasteiger partial charge < -0.3 is 29.4 Å². The second-order valence-corrected chi connectivity index (χ2v) is 10.1. The van der Waals surface area contributed by atoms with Crippen LogP contribution in [0.15, 0.2) is 48.5 Å². The lowest BCUT2D eigenvalue weighted by atomic mass is 10.1. The Balaban J connectivity index is 1.93. The minimum Gasteiger partial charge on any atom is -0.590 e. The molecule has 1 unspecified atom stereocenters. The number of ether oxygens (including phenoxy) is 3. The molecule has 1 aromatic heterocycles. The zero-order valence-corrected chi connectivity index (χ0v) is 20.8. The molecule has 0 saturated carbocycles. The average Bonchev–Trinajstić information content (AvgIpc) is 3.07. The summed E-state index contributed by atoms with van der Waals surface area (Å²) < 4.78 is 29.2. The summed E-state index contributed by atoms with van der Waals surface area (Å²) in [6.07, 6.45) is -0.0309. The van der Waals surface area contributed by atoms with Crippen LogP contribution in [-0.2, 0) is 15.9 Å². The molecule has 1 amide bonds. The number of amides is 1. The van der Waals surface area contributed by atoms with Crippen molar-refractivity contribution in [3.05, 3.63) is 59.0 Å². The topological polar surface area (TPSA) is 109 Å². The first-order valence-corrected chi connectivity index (χ1v) is 12.0. The lowest BCUT2D eigenvalue weighted by Gasteiger charge is -2.24. The largest absolute Gasteiger partial charge is 0.590 e. The Kier molecular flexibility index (Phi) is 8.01. The predicted octanol–water partition coefficient (Wildman–Crippen LogP) is 4.91. The van der Waals surface area contributed by atoms with E-state index in [2.05, 4.69) is 10.6 Å². The first-order valence-electron chi connectivity index (χ1n) is 10.8. The Morgan fingerprint density at radius 3 is 2.41 bits per heavy atom. The first-order chi connectivity index (χ1) is 16.1. The number of methoxy groups -OCH3 is 2. The molecule has 182 valence electrons. The van der Waals surface area contributed by atoms with E-state index >= 15 is 0 Å². The van der Waals surface area contributed by atoms with Gasteiger partial charge in [-0.3, -0.25) is 0 Å². The van der Waals surface area contributed by atoms with Crippen molar-refractivity contribution in [2.45, 2.75) is 38.8 Å². The maximum Gasteiger partial charge on any atom is 0.407 e. The Hall–Kier alpha value is -3.30. The van der Waals surface area contributed by atoms with Crippen molar-refractivity contribution in [3.8, 4) is 5.75 Å². The zero-order valence-electron chi connectivity index (χ0n) is 20.0. The van der Waals surface area contributed by atoms with Crippen LogP contribution in [0.4, 0.5) is 10.5 Å². The Morgan fingerprint density at radius 1 is 1.09 bits per heavy atom. The van der Waals surface area contributed by atoms with Crippen molar-refractivity contribution in [2.75, 3.05) is 26.1 Å². The standard InChI is InChI=1S/C25H30N2O6S/c1-25(2,3)33-24(29)27-17(13-16-9-7-6-8-10-16)15-26-21-19-14-18(31-4)11-12-20(19)34(30)22(21)23(28)32-5/h6-12,14,17,26H,13,15H2,1-5H3,(H,27,29)/t17-,34?/m1/s1. The van der Waals surface area contributed by atoms with Gasteiger partial charge in [0.05, 0.1) is 25.6 Å². The fourth-order valence-corrected chi connectivity index (χ4v) is 4.91. The number of fused-ring (bicyclic) bond motifs is 1. The Bertz CT molecular complexity index is 1150. The third kappa shape index (κ3) is 6.18. The van der Waals surface area contributed by atoms with Gasteiger partial charge in [0.25, 0.3) is 4.88 Å². The average molecular weight is 487 g/mol. The Labute approximate surface area is 202 Å². The van der Waals surface area contributed by atoms with Crippen molar-refractivity contribution in [1.82, 2.24) is 5.32 Å². The quantitative estimate of drug-likeness (QED) is 0.344. The van der Waals surface area contributed by atoms with Crippen LogP contribution in [-0.4, -0.2) is 49.0 Å². The highest BCUT2D eigenvalue weighted by molar-refractivity contribution is 7.33. The molecule has 0 radical (unpaired) electrons. The number of hydrogen-bond donors (Lipinski definition) is 2. The molecule has 3 rings (SSSR count). The molecule has 9 heteroatoms. The number of alkyl carbamates (subject to hydrolysis) is 1. The monoisotopic (exact) mass is 486 g/mol. The van der Waals surface area contributed by atoms with Crippen LogP contribution in [0.5, 0.6) is 5.75 Å². The van der Waals surface area contributed by atoms with Crippen LogP contribution in [0.25, 0.3) is 10.1 Å². The van der Waals surface area contributed by atoms with Gasteiger partial charge in [0.1, 0.15) is 17.0 Å². The lowest BCUT2D eigenvalue weighted by Crippen LogP contribution is -2.43. The molecule has 0 saturated heterocycles. The van der Waals surface area contributed by atoms with Gasteiger partial charge in [0.15, 0.2) is 4.70 Å². The molecular formula is C25H30N2O6S. The molecule has 3 aromatic rings. The molecule has 0 aliphatic rings. The van der Waals surface area contributed by atoms with Crippen LogP contribution in [0.1, 0.15) is 36.0 Å². The molecule has 2 N–H and O–H groups in total. The van der Waals surface area contributed by atoms with E-state index < -0.39 is 28.4 Å². The molecule has 1 heterocycles. The lowest BCUT2D eigenvalue weighted by molar-refractivity contribution is 0.0505. The van der Waals surface area contributed by atoms with E-state index in [0.29, 0.717) is 27.9 Å². The SMILES string of the molecule is COC(=O)c1c(NC[C@@H](Cc2ccccc2)NC(=O)OC(C)(C)C)c2cc(OC)ccc2[s+]1[O-]. The molecule has 0 spiro atoms. The second kappa shape index (κ2) is 10.8. The van der Waals surface area contributed by atoms with Crippen LogP contribution in [0.2, 0.25) is 0 Å². The molecular weight excluding hydrogens is 456 g/mol. The number of nitrogens with one attached hydrogen (secondary N) is 2. The smallest absolute Gasteiger partial charge is 0.407 e. The summed E-state index contributed by atoms with van der Waals surface area (Å²) in [6, 6.07) is 14.4. The highest BCUT2D eigenvalue weighted by atomic mass is 32.2. The van der Waals surface area contributed by atoms with Crippen molar-refractivity contribution in [3.63, 3.8) is 0 Å². The molecule has 0 aliphatic carbocycles. The number of anilines is 1. The fourth-order valence-electron chi connectivity index (χ4n) is 3.54. The number of benzene rings is 2. The molecule has 0 fully saturated rings. The number of thiophene rings is 1. The number of esters is 1. The second-order valence-electron chi connectivity index (χ2n) is 8.74. The Morgan fingerprint density at radius 2 is 1.79 bits per heavy atom. The number of rotatable bonds is 8. The fraction of sp³-hybridized carbons (Fsp3) is 0.360. The van der Waals surface area contributed by atoms with E-state index in [4.69, 9.17) is 14.2 Å². The van der Waals surface area contributed by atoms with Crippen molar-refractivity contribution >= 4 is 38.6 Å². The van der Waals surface area contributed by atoms with E-state index in [1.54, 1.807) is 39.0 Å². The van der Waals surface area contributed by atoms with Crippen LogP contribution in [0.3, 0.4) is 0 Å². The summed E-state index contributed by atoms with van der Waals surface area (Å²) in [6.45, 7) is 5.63. The minimum atomic E-state index is -1.71. The summed E-state index contributed by atoms with van der Waals surface area (Å²) in [5.41, 5.74) is 0.764. The van der Waals surface area contributed by atoms with Crippen molar-refractivity contribution in [2.24, 2.45) is 0 Å². The normalized spacial score (nSPS) is 12.7. The van der Waals surface area contributed by atoms with Gasteiger partial charge in [0.2, 0.25) is 0 Å². The van der Waals surface area contributed by atoms with Gasteiger partial charge in [0, 0.05) is 12.6 Å². The zero-order chi connectivity index (χ0) is 24.9. The maximum absolute atomic E-state index is 13.1. The highest BCUT2D eigenvalue weighted by Gasteiger charge is 2.30. The summed E-state index contributed by atoms with van der Waals surface area (Å²) >= 11 is 0. The van der Waals surface area contributed by atoms with Gasteiger partial charge in [-0.05, 0) is 55.6 Å². The first kappa shape index (κ1) is 25.3. The van der Waals surface area contributed by atoms with Gasteiger partial charge in [-0.15, -0.1) is 0 Å². The van der Waals surface area contributed by atoms with Gasteiger partial charge >= 0.3 is 12.1 Å². The third-order valence-electron chi connectivity index (χ3n) is 5.01. The summed E-state index contributed by atoms with van der Waals surface area (Å²) in [5, 5.41) is 6.72. The number of carbonyl (C=O) groups excluding carboxylic acids is 2. The molecule has 2 aromatic carbocycles. The van der Waals surface area contributed by atoms with Crippen molar-refractivity contribution < 1.29 is 28.4 Å². The number of hydrogen-bond acceptors (Lipinski definition) is 7. The van der Waals surface area contributed by atoms with E-state index in [-0.39, 0.29) is 17.5 Å². The molecule has 0 bridgehead atoms. The minimum absolute atomic E-state index is 0.0292. The van der Waals surface area contributed by atoms with E-state index in [1.807, 2.05) is 30.3 Å². The predicted molar refractivity (Wildman–Crippen MR) is 132 cm³/mol. The highest BCUT2D eigenvalue weighted by Crippen LogP contribution is 2.43.